The van der Waals surface area contributed by atoms with Crippen LogP contribution in [0, 0.1) is 0 Å². The first-order valence-corrected chi connectivity index (χ1v) is 5.17. The predicted molar refractivity (Wildman–Crippen MR) is 51.4 cm³/mol. The Morgan fingerprint density at radius 1 is 1.71 bits per heavy atom. The molecule has 0 aliphatic rings. The van der Waals surface area contributed by atoms with Crippen molar-refractivity contribution < 1.29 is 9.53 Å². The van der Waals surface area contributed by atoms with Crippen LogP contribution in [0.5, 0.6) is 5.88 Å². The van der Waals surface area contributed by atoms with Gasteiger partial charge in [-0.15, -0.1) is 0 Å². The number of hydrogen-bond acceptors (Lipinski definition) is 5. The summed E-state index contributed by atoms with van der Waals surface area (Å²) in [6, 6.07) is 0. The number of carbonyl (C=O) groups excluding carboxylic acids is 1. The Bertz CT molecular complexity index is 420. The van der Waals surface area contributed by atoms with Crippen molar-refractivity contribution in [1.29, 1.82) is 0 Å². The molecule has 0 bridgehead atoms. The molecule has 0 saturated heterocycles. The van der Waals surface area contributed by atoms with Gasteiger partial charge < -0.3 is 4.74 Å². The van der Waals surface area contributed by atoms with Crippen LogP contribution in [0.25, 0.3) is 4.96 Å². The van der Waals surface area contributed by atoms with Crippen molar-refractivity contribution in [2.45, 2.75) is 19.8 Å². The van der Waals surface area contributed by atoms with Gasteiger partial charge in [0.25, 0.3) is 0 Å². The van der Waals surface area contributed by atoms with Crippen molar-refractivity contribution in [3.63, 3.8) is 0 Å². The standard InChI is InChI=1S/C8H9N3O2S/c1-2-3-7(12)13-6-4-11-8(10-6)14-5-9-11/h4-5H,2-3H2,1H3. The molecule has 0 unspecified atom stereocenters. The van der Waals surface area contributed by atoms with Crippen LogP contribution >= 0.6 is 11.3 Å². The average molecular weight is 211 g/mol. The molecule has 0 radical (unpaired) electrons. The number of imidazole rings is 1. The minimum atomic E-state index is -0.252. The van der Waals surface area contributed by atoms with Crippen LogP contribution in [-0.2, 0) is 4.79 Å². The third kappa shape index (κ3) is 1.74. The molecule has 0 aromatic carbocycles. The van der Waals surface area contributed by atoms with Gasteiger partial charge in [-0.05, 0) is 6.42 Å². The number of fused-ring (bicyclic) bond motifs is 1. The van der Waals surface area contributed by atoms with Crippen LogP contribution < -0.4 is 4.74 Å². The van der Waals surface area contributed by atoms with Gasteiger partial charge in [0.05, 0.1) is 6.20 Å². The molecule has 0 aliphatic carbocycles. The Balaban J connectivity index is 2.11. The molecule has 5 nitrogen and oxygen atoms in total. The fourth-order valence-electron chi connectivity index (χ4n) is 1.04. The second-order valence-electron chi connectivity index (χ2n) is 2.77. The molecule has 6 heteroatoms. The van der Waals surface area contributed by atoms with E-state index < -0.39 is 0 Å². The predicted octanol–water partition coefficient (Wildman–Crippen LogP) is 1.50. The third-order valence-corrected chi connectivity index (χ3v) is 2.33. The van der Waals surface area contributed by atoms with Crippen molar-refractivity contribution in [3.05, 3.63) is 11.7 Å². The van der Waals surface area contributed by atoms with Gasteiger partial charge >= 0.3 is 5.97 Å². The van der Waals surface area contributed by atoms with Crippen molar-refractivity contribution in [2.24, 2.45) is 0 Å². The normalized spacial score (nSPS) is 10.6. The zero-order chi connectivity index (χ0) is 9.97. The summed E-state index contributed by atoms with van der Waals surface area (Å²) in [4.78, 5) is 15.9. The first-order chi connectivity index (χ1) is 6.79. The molecule has 2 aromatic rings. The number of aromatic nitrogens is 3. The maximum Gasteiger partial charge on any atom is 0.312 e. The molecule has 0 atom stereocenters. The summed E-state index contributed by atoms with van der Waals surface area (Å²) < 4.78 is 6.58. The fourth-order valence-corrected chi connectivity index (χ4v) is 1.63. The smallest absolute Gasteiger partial charge is 0.312 e. The van der Waals surface area contributed by atoms with Crippen molar-refractivity contribution >= 4 is 22.3 Å². The summed E-state index contributed by atoms with van der Waals surface area (Å²) in [7, 11) is 0. The lowest BCUT2D eigenvalue weighted by Crippen LogP contribution is -2.06. The Kier molecular flexibility index (Phi) is 2.45. The van der Waals surface area contributed by atoms with Crippen LogP contribution in [0.1, 0.15) is 19.8 Å². The molecular weight excluding hydrogens is 202 g/mol. The van der Waals surface area contributed by atoms with Crippen LogP contribution in [0.2, 0.25) is 0 Å². The van der Waals surface area contributed by atoms with E-state index in [1.54, 1.807) is 16.2 Å². The molecule has 0 aliphatic heterocycles. The highest BCUT2D eigenvalue weighted by Gasteiger charge is 2.08. The number of rotatable bonds is 3. The molecule has 2 aromatic heterocycles. The first-order valence-electron chi connectivity index (χ1n) is 4.29. The van der Waals surface area contributed by atoms with Crippen LogP contribution in [0.15, 0.2) is 11.7 Å². The topological polar surface area (TPSA) is 56.5 Å². The third-order valence-electron chi connectivity index (χ3n) is 1.64. The van der Waals surface area contributed by atoms with E-state index in [0.717, 1.165) is 11.4 Å². The van der Waals surface area contributed by atoms with Gasteiger partial charge in [0, 0.05) is 6.42 Å². The van der Waals surface area contributed by atoms with Gasteiger partial charge in [0.15, 0.2) is 0 Å². The number of esters is 1. The highest BCUT2D eigenvalue weighted by Crippen LogP contribution is 2.14. The number of carbonyl (C=O) groups is 1. The van der Waals surface area contributed by atoms with Crippen LogP contribution in [0.3, 0.4) is 0 Å². The molecular formula is C8H9N3O2S. The molecule has 74 valence electrons. The number of nitrogens with zero attached hydrogens (tertiary/aromatic N) is 3. The highest BCUT2D eigenvalue weighted by atomic mass is 32.1. The van der Waals surface area contributed by atoms with Crippen molar-refractivity contribution in [1.82, 2.24) is 14.6 Å². The Labute approximate surface area is 84.3 Å². The summed E-state index contributed by atoms with van der Waals surface area (Å²) in [5.41, 5.74) is 1.68. The zero-order valence-electron chi connectivity index (χ0n) is 7.64. The number of ether oxygens (including phenoxy) is 1. The van der Waals surface area contributed by atoms with Crippen LogP contribution in [-0.4, -0.2) is 20.6 Å². The quantitative estimate of drug-likeness (QED) is 0.722. The monoisotopic (exact) mass is 211 g/mol. The molecule has 0 N–H and O–H groups in total. The van der Waals surface area contributed by atoms with E-state index in [9.17, 15) is 4.79 Å². The first kappa shape index (κ1) is 9.14. The Morgan fingerprint density at radius 3 is 3.29 bits per heavy atom. The van der Waals surface area contributed by atoms with Gasteiger partial charge in [-0.25, -0.2) is 4.52 Å². The minimum absolute atomic E-state index is 0.252. The zero-order valence-corrected chi connectivity index (χ0v) is 8.45. The molecule has 0 saturated carbocycles. The second kappa shape index (κ2) is 3.75. The second-order valence-corrected chi connectivity index (χ2v) is 3.58. The highest BCUT2D eigenvalue weighted by molar-refractivity contribution is 7.14. The van der Waals surface area contributed by atoms with Crippen molar-refractivity contribution in [3.8, 4) is 5.88 Å². The lowest BCUT2D eigenvalue weighted by atomic mass is 10.3. The maximum absolute atomic E-state index is 11.1. The summed E-state index contributed by atoms with van der Waals surface area (Å²) >= 11 is 1.40. The summed E-state index contributed by atoms with van der Waals surface area (Å²) in [6.07, 6.45) is 2.79. The van der Waals surface area contributed by atoms with E-state index in [4.69, 9.17) is 4.74 Å². The van der Waals surface area contributed by atoms with E-state index in [0.29, 0.717) is 12.3 Å². The SMILES string of the molecule is CCCC(=O)Oc1cn2ncsc2n1. The van der Waals surface area contributed by atoms with E-state index in [1.165, 1.54) is 11.3 Å². The van der Waals surface area contributed by atoms with Crippen LogP contribution in [0.4, 0.5) is 0 Å². The molecule has 2 heterocycles. The molecule has 0 fully saturated rings. The van der Waals surface area contributed by atoms with E-state index in [2.05, 4.69) is 10.1 Å². The van der Waals surface area contributed by atoms with E-state index >= 15 is 0 Å². The minimum Gasteiger partial charge on any atom is -0.406 e. The van der Waals surface area contributed by atoms with Gasteiger partial charge in [0.1, 0.15) is 5.51 Å². The Morgan fingerprint density at radius 2 is 2.57 bits per heavy atom. The summed E-state index contributed by atoms with van der Waals surface area (Å²) in [5.74, 6) is 0.0704. The van der Waals surface area contributed by atoms with Gasteiger partial charge in [0.2, 0.25) is 10.8 Å². The van der Waals surface area contributed by atoms with Gasteiger partial charge in [-0.1, -0.05) is 18.3 Å². The van der Waals surface area contributed by atoms with Crippen molar-refractivity contribution in [2.75, 3.05) is 0 Å². The number of hydrogen-bond donors (Lipinski definition) is 0. The molecule has 0 amide bonds. The lowest BCUT2D eigenvalue weighted by Gasteiger charge is -1.96. The fraction of sp³-hybridized carbons (Fsp3) is 0.375. The van der Waals surface area contributed by atoms with Gasteiger partial charge in [-0.3, -0.25) is 4.79 Å². The average Bonchev–Trinajstić information content (AvgIpc) is 2.63. The molecule has 2 rings (SSSR count). The summed E-state index contributed by atoms with van der Waals surface area (Å²) in [5, 5.41) is 3.97. The largest absolute Gasteiger partial charge is 0.406 e. The van der Waals surface area contributed by atoms with Gasteiger partial charge in [-0.2, -0.15) is 10.1 Å². The Hall–Kier alpha value is -1.43. The summed E-state index contributed by atoms with van der Waals surface area (Å²) in [6.45, 7) is 1.93. The van der Waals surface area contributed by atoms with E-state index in [-0.39, 0.29) is 5.97 Å². The van der Waals surface area contributed by atoms with E-state index in [1.807, 2.05) is 6.92 Å². The molecule has 0 spiro atoms. The molecule has 14 heavy (non-hydrogen) atoms. The lowest BCUT2D eigenvalue weighted by molar-refractivity contribution is -0.134. The maximum atomic E-state index is 11.1.